The molecule has 5 nitrogen and oxygen atoms in total. The molecule has 0 spiro atoms. The molecule has 0 bridgehead atoms. The van der Waals surface area contributed by atoms with Crippen LogP contribution < -0.4 is 10.1 Å². The molecule has 2 N–H and O–H groups in total. The summed E-state index contributed by atoms with van der Waals surface area (Å²) in [5.74, 6) is -1.01. The van der Waals surface area contributed by atoms with Crippen molar-refractivity contribution in [1.29, 1.82) is 0 Å². The lowest BCUT2D eigenvalue weighted by molar-refractivity contribution is -0.143. The third-order valence-electron chi connectivity index (χ3n) is 2.91. The van der Waals surface area contributed by atoms with Crippen LogP contribution in [-0.2, 0) is 9.59 Å². The topological polar surface area (TPSA) is 75.6 Å². The van der Waals surface area contributed by atoms with Crippen molar-refractivity contribution in [1.82, 2.24) is 5.32 Å². The van der Waals surface area contributed by atoms with Crippen LogP contribution in [0.1, 0.15) is 20.3 Å². The Bertz CT molecular complexity index is 419. The van der Waals surface area contributed by atoms with E-state index in [1.165, 1.54) is 0 Å². The molecular formula is C14H19NO4. The number of hydrogen-bond donors (Lipinski definition) is 2. The largest absolute Gasteiger partial charge is 0.484 e. The number of carbonyl (C=O) groups is 2. The molecule has 2 atom stereocenters. The number of hydrogen-bond acceptors (Lipinski definition) is 3. The van der Waals surface area contributed by atoms with Gasteiger partial charge in [0.05, 0.1) is 0 Å². The summed E-state index contributed by atoms with van der Waals surface area (Å²) >= 11 is 0. The third-order valence-corrected chi connectivity index (χ3v) is 2.91. The summed E-state index contributed by atoms with van der Waals surface area (Å²) in [4.78, 5) is 22.7. The molecule has 19 heavy (non-hydrogen) atoms. The molecule has 0 aliphatic heterocycles. The molecule has 0 aliphatic rings. The van der Waals surface area contributed by atoms with Crippen LogP contribution >= 0.6 is 0 Å². The maximum atomic E-state index is 11.7. The summed E-state index contributed by atoms with van der Waals surface area (Å²) in [6.45, 7) is 3.48. The van der Waals surface area contributed by atoms with Crippen molar-refractivity contribution in [3.8, 4) is 5.75 Å². The summed E-state index contributed by atoms with van der Waals surface area (Å²) in [7, 11) is 0. The van der Waals surface area contributed by atoms with Gasteiger partial charge in [0.25, 0.3) is 5.91 Å². The molecule has 1 unspecified atom stereocenters. The Balaban J connectivity index is 2.47. The first kappa shape index (κ1) is 15.0. The highest BCUT2D eigenvalue weighted by Crippen LogP contribution is 2.09. The molecule has 0 saturated heterocycles. The van der Waals surface area contributed by atoms with Gasteiger partial charge >= 0.3 is 5.97 Å². The molecule has 0 saturated carbocycles. The van der Waals surface area contributed by atoms with Crippen LogP contribution in [-0.4, -0.2) is 29.6 Å². The molecule has 0 aliphatic carbocycles. The van der Waals surface area contributed by atoms with Crippen molar-refractivity contribution in [3.05, 3.63) is 30.3 Å². The Hall–Kier alpha value is -2.04. The van der Waals surface area contributed by atoms with Crippen LogP contribution in [0, 0.1) is 5.92 Å². The van der Waals surface area contributed by atoms with Crippen molar-refractivity contribution in [3.63, 3.8) is 0 Å². The number of amides is 1. The van der Waals surface area contributed by atoms with Gasteiger partial charge in [0.2, 0.25) is 0 Å². The Morgan fingerprint density at radius 3 is 2.47 bits per heavy atom. The van der Waals surface area contributed by atoms with E-state index in [0.717, 1.165) is 0 Å². The minimum absolute atomic E-state index is 0.127. The summed E-state index contributed by atoms with van der Waals surface area (Å²) in [6, 6.07) is 8.03. The minimum Gasteiger partial charge on any atom is -0.484 e. The second kappa shape index (κ2) is 7.41. The molecule has 0 aromatic heterocycles. The van der Waals surface area contributed by atoms with E-state index in [9.17, 15) is 9.59 Å². The predicted molar refractivity (Wildman–Crippen MR) is 71.0 cm³/mol. The lowest BCUT2D eigenvalue weighted by Gasteiger charge is -2.20. The standard InChI is InChI=1S/C14H19NO4/c1-3-10(2)13(14(17)18)15-12(16)9-19-11-7-5-4-6-8-11/h4-8,10,13H,3,9H2,1-2H3,(H,15,16)(H,17,18)/t10?,13-/m1/s1. The van der Waals surface area contributed by atoms with Crippen LogP contribution in [0.3, 0.4) is 0 Å². The van der Waals surface area contributed by atoms with E-state index in [4.69, 9.17) is 9.84 Å². The van der Waals surface area contributed by atoms with E-state index in [0.29, 0.717) is 12.2 Å². The van der Waals surface area contributed by atoms with Gasteiger partial charge in [-0.3, -0.25) is 4.79 Å². The summed E-state index contributed by atoms with van der Waals surface area (Å²) in [5.41, 5.74) is 0. The van der Waals surface area contributed by atoms with Gasteiger partial charge < -0.3 is 15.2 Å². The second-order valence-corrected chi connectivity index (χ2v) is 4.37. The monoisotopic (exact) mass is 265 g/mol. The maximum Gasteiger partial charge on any atom is 0.326 e. The molecule has 0 fully saturated rings. The zero-order valence-corrected chi connectivity index (χ0v) is 11.1. The number of carboxylic acids is 1. The molecule has 0 radical (unpaired) electrons. The molecule has 104 valence electrons. The average molecular weight is 265 g/mol. The van der Waals surface area contributed by atoms with Gasteiger partial charge in [0.15, 0.2) is 6.61 Å². The summed E-state index contributed by atoms with van der Waals surface area (Å²) < 4.78 is 5.26. The van der Waals surface area contributed by atoms with Crippen molar-refractivity contribution >= 4 is 11.9 Å². The molecule has 1 aromatic carbocycles. The zero-order chi connectivity index (χ0) is 14.3. The maximum absolute atomic E-state index is 11.7. The van der Waals surface area contributed by atoms with E-state index in [1.807, 2.05) is 13.0 Å². The predicted octanol–water partition coefficient (Wildman–Crippen LogP) is 1.68. The van der Waals surface area contributed by atoms with E-state index >= 15 is 0 Å². The van der Waals surface area contributed by atoms with Gasteiger partial charge in [-0.05, 0) is 18.1 Å². The Kier molecular flexibility index (Phi) is 5.85. The van der Waals surface area contributed by atoms with Crippen molar-refractivity contribution < 1.29 is 19.4 Å². The second-order valence-electron chi connectivity index (χ2n) is 4.37. The third kappa shape index (κ3) is 4.99. The van der Waals surface area contributed by atoms with Crippen molar-refractivity contribution in [2.24, 2.45) is 5.92 Å². The number of carboxylic acid groups (broad SMARTS) is 1. The normalized spacial score (nSPS) is 13.4. The Morgan fingerprint density at radius 2 is 1.95 bits per heavy atom. The van der Waals surface area contributed by atoms with Crippen LogP contribution in [0.4, 0.5) is 0 Å². The Morgan fingerprint density at radius 1 is 1.32 bits per heavy atom. The van der Waals surface area contributed by atoms with Crippen molar-refractivity contribution in [2.45, 2.75) is 26.3 Å². The number of rotatable bonds is 7. The SMILES string of the molecule is CCC(C)[C@@H](NC(=O)COc1ccccc1)C(=O)O. The fourth-order valence-electron chi connectivity index (χ4n) is 1.56. The molecule has 5 heteroatoms. The number of para-hydroxylation sites is 1. The molecular weight excluding hydrogens is 246 g/mol. The van der Waals surface area contributed by atoms with Crippen LogP contribution in [0.5, 0.6) is 5.75 Å². The quantitative estimate of drug-likeness (QED) is 0.786. The van der Waals surface area contributed by atoms with Gasteiger partial charge in [0, 0.05) is 0 Å². The molecule has 1 amide bonds. The minimum atomic E-state index is -1.03. The van der Waals surface area contributed by atoms with Crippen LogP contribution in [0.25, 0.3) is 0 Å². The van der Waals surface area contributed by atoms with E-state index < -0.39 is 17.9 Å². The number of benzene rings is 1. The number of carbonyl (C=O) groups excluding carboxylic acids is 1. The smallest absolute Gasteiger partial charge is 0.326 e. The van der Waals surface area contributed by atoms with Gasteiger partial charge in [-0.15, -0.1) is 0 Å². The Labute approximate surface area is 112 Å². The average Bonchev–Trinajstić information content (AvgIpc) is 2.42. The molecule has 1 aromatic rings. The fourth-order valence-corrected chi connectivity index (χ4v) is 1.56. The molecule has 0 heterocycles. The van der Waals surface area contributed by atoms with Gasteiger partial charge in [-0.25, -0.2) is 4.79 Å². The number of nitrogens with one attached hydrogen (secondary N) is 1. The van der Waals surface area contributed by atoms with Crippen LogP contribution in [0.2, 0.25) is 0 Å². The van der Waals surface area contributed by atoms with E-state index in [2.05, 4.69) is 5.32 Å². The first-order valence-corrected chi connectivity index (χ1v) is 6.24. The molecule has 1 rings (SSSR count). The highest BCUT2D eigenvalue weighted by Gasteiger charge is 2.25. The highest BCUT2D eigenvalue weighted by molar-refractivity contribution is 5.84. The van der Waals surface area contributed by atoms with E-state index in [1.54, 1.807) is 31.2 Å². The fraction of sp³-hybridized carbons (Fsp3) is 0.429. The van der Waals surface area contributed by atoms with E-state index in [-0.39, 0.29) is 12.5 Å². The van der Waals surface area contributed by atoms with Gasteiger partial charge in [0.1, 0.15) is 11.8 Å². The first-order chi connectivity index (χ1) is 9.04. The number of aliphatic carboxylic acids is 1. The zero-order valence-electron chi connectivity index (χ0n) is 11.1. The lowest BCUT2D eigenvalue weighted by Crippen LogP contribution is -2.46. The lowest BCUT2D eigenvalue weighted by atomic mass is 9.99. The van der Waals surface area contributed by atoms with Gasteiger partial charge in [-0.2, -0.15) is 0 Å². The number of ether oxygens (including phenoxy) is 1. The summed E-state index contributed by atoms with van der Waals surface area (Å²) in [5, 5.41) is 11.5. The van der Waals surface area contributed by atoms with Crippen LogP contribution in [0.15, 0.2) is 30.3 Å². The highest BCUT2D eigenvalue weighted by atomic mass is 16.5. The van der Waals surface area contributed by atoms with Gasteiger partial charge in [-0.1, -0.05) is 38.5 Å². The van der Waals surface area contributed by atoms with Crippen molar-refractivity contribution in [2.75, 3.05) is 6.61 Å². The summed E-state index contributed by atoms with van der Waals surface area (Å²) in [6.07, 6.45) is 0.677. The first-order valence-electron chi connectivity index (χ1n) is 6.24.